The van der Waals surface area contributed by atoms with Gasteiger partial charge in [-0.25, -0.2) is 17.2 Å². The number of halogens is 2. The van der Waals surface area contributed by atoms with Gasteiger partial charge in [0.1, 0.15) is 11.6 Å². The van der Waals surface area contributed by atoms with Gasteiger partial charge in [0, 0.05) is 31.7 Å². The van der Waals surface area contributed by atoms with E-state index in [4.69, 9.17) is 0 Å². The van der Waals surface area contributed by atoms with Crippen LogP contribution in [0.1, 0.15) is 17.3 Å². The minimum absolute atomic E-state index is 0.0945. The maximum atomic E-state index is 14.3. The van der Waals surface area contributed by atoms with Crippen LogP contribution in [0, 0.1) is 11.6 Å². The smallest absolute Gasteiger partial charge is 0.243 e. The van der Waals surface area contributed by atoms with Crippen molar-refractivity contribution in [3.63, 3.8) is 0 Å². The predicted molar refractivity (Wildman–Crippen MR) is 93.8 cm³/mol. The van der Waals surface area contributed by atoms with Crippen LogP contribution >= 0.6 is 0 Å². The number of rotatable bonds is 4. The molecule has 0 aliphatic carbocycles. The Morgan fingerprint density at radius 2 is 1.69 bits per heavy atom. The largest absolute Gasteiger partial charge is 0.367 e. The highest BCUT2D eigenvalue weighted by Gasteiger charge is 2.29. The van der Waals surface area contributed by atoms with Gasteiger partial charge in [-0.05, 0) is 43.3 Å². The van der Waals surface area contributed by atoms with Crippen molar-refractivity contribution in [2.45, 2.75) is 11.8 Å². The van der Waals surface area contributed by atoms with Crippen LogP contribution < -0.4 is 4.90 Å². The van der Waals surface area contributed by atoms with Crippen molar-refractivity contribution < 1.29 is 22.0 Å². The van der Waals surface area contributed by atoms with Crippen molar-refractivity contribution in [1.29, 1.82) is 0 Å². The molecule has 2 aromatic rings. The fourth-order valence-corrected chi connectivity index (χ4v) is 4.38. The second kappa shape index (κ2) is 7.13. The third-order valence-electron chi connectivity index (χ3n) is 4.37. The summed E-state index contributed by atoms with van der Waals surface area (Å²) >= 11 is 0. The summed E-state index contributed by atoms with van der Waals surface area (Å²) in [6.45, 7) is 2.28. The first kappa shape index (κ1) is 18.5. The van der Waals surface area contributed by atoms with Gasteiger partial charge in [-0.15, -0.1) is 0 Å². The van der Waals surface area contributed by atoms with Gasteiger partial charge in [0.2, 0.25) is 10.0 Å². The molecule has 1 heterocycles. The monoisotopic (exact) mass is 380 g/mol. The highest BCUT2D eigenvalue weighted by atomic mass is 32.2. The Kier molecular flexibility index (Phi) is 5.06. The zero-order chi connectivity index (χ0) is 18.9. The Morgan fingerprint density at radius 3 is 2.27 bits per heavy atom. The minimum Gasteiger partial charge on any atom is -0.367 e. The second-order valence-corrected chi connectivity index (χ2v) is 8.01. The van der Waals surface area contributed by atoms with Crippen LogP contribution in [0.15, 0.2) is 47.4 Å². The van der Waals surface area contributed by atoms with Gasteiger partial charge < -0.3 is 4.90 Å². The molecule has 0 N–H and O–H groups in total. The number of sulfonamides is 1. The maximum absolute atomic E-state index is 14.3. The zero-order valence-electron chi connectivity index (χ0n) is 14.2. The van der Waals surface area contributed by atoms with E-state index >= 15 is 0 Å². The molecule has 2 aromatic carbocycles. The van der Waals surface area contributed by atoms with Crippen molar-refractivity contribution >= 4 is 21.5 Å². The van der Waals surface area contributed by atoms with Crippen LogP contribution in [-0.2, 0) is 10.0 Å². The Balaban J connectivity index is 1.74. The SMILES string of the molecule is CC(=O)c1ccc(N2CCN(S(=O)(=O)c3cccc(F)c3)CC2)c(F)c1. The lowest BCUT2D eigenvalue weighted by Crippen LogP contribution is -2.48. The Hall–Kier alpha value is -2.32. The molecule has 1 saturated heterocycles. The number of benzene rings is 2. The first-order chi connectivity index (χ1) is 12.3. The molecule has 5 nitrogen and oxygen atoms in total. The first-order valence-electron chi connectivity index (χ1n) is 8.10. The lowest BCUT2D eigenvalue weighted by molar-refractivity contribution is 0.101. The Morgan fingerprint density at radius 1 is 1.00 bits per heavy atom. The summed E-state index contributed by atoms with van der Waals surface area (Å²) in [4.78, 5) is 13.0. The minimum atomic E-state index is -3.79. The van der Waals surface area contributed by atoms with E-state index < -0.39 is 21.7 Å². The number of anilines is 1. The van der Waals surface area contributed by atoms with Crippen molar-refractivity contribution in [2.24, 2.45) is 0 Å². The van der Waals surface area contributed by atoms with E-state index in [9.17, 15) is 22.0 Å². The van der Waals surface area contributed by atoms with Crippen molar-refractivity contribution in [3.8, 4) is 0 Å². The second-order valence-electron chi connectivity index (χ2n) is 6.07. The van der Waals surface area contributed by atoms with Crippen molar-refractivity contribution in [3.05, 3.63) is 59.7 Å². The van der Waals surface area contributed by atoms with Gasteiger partial charge in [-0.1, -0.05) is 6.07 Å². The summed E-state index contributed by atoms with van der Waals surface area (Å²) in [5, 5.41) is 0. The number of carbonyl (C=O) groups excluding carboxylic acids is 1. The van der Waals surface area contributed by atoms with Crippen molar-refractivity contribution in [1.82, 2.24) is 4.31 Å². The van der Waals surface area contributed by atoms with Crippen LogP contribution in [-0.4, -0.2) is 44.7 Å². The van der Waals surface area contributed by atoms with Crippen LogP contribution in [0.3, 0.4) is 0 Å². The summed E-state index contributed by atoms with van der Waals surface area (Å²) in [5.74, 6) is -1.35. The molecule has 1 fully saturated rings. The third-order valence-corrected chi connectivity index (χ3v) is 6.26. The predicted octanol–water partition coefficient (Wildman–Crippen LogP) is 2.68. The van der Waals surface area contributed by atoms with E-state index in [1.165, 1.54) is 41.6 Å². The number of hydrogen-bond donors (Lipinski definition) is 0. The lowest BCUT2D eigenvalue weighted by Gasteiger charge is -2.35. The lowest BCUT2D eigenvalue weighted by atomic mass is 10.1. The third kappa shape index (κ3) is 3.61. The Labute approximate surface area is 150 Å². The number of piperazine rings is 1. The molecule has 3 rings (SSSR count). The first-order valence-corrected chi connectivity index (χ1v) is 9.54. The van der Waals surface area contributed by atoms with Gasteiger partial charge in [-0.2, -0.15) is 4.31 Å². The molecule has 0 unspecified atom stereocenters. The normalized spacial score (nSPS) is 15.9. The summed E-state index contributed by atoms with van der Waals surface area (Å²) in [6.07, 6.45) is 0. The van der Waals surface area contributed by atoms with Gasteiger partial charge >= 0.3 is 0 Å². The quantitative estimate of drug-likeness (QED) is 0.766. The van der Waals surface area contributed by atoms with Gasteiger partial charge in [0.25, 0.3) is 0 Å². The van der Waals surface area contributed by atoms with Crippen molar-refractivity contribution in [2.75, 3.05) is 31.1 Å². The highest BCUT2D eigenvalue weighted by Crippen LogP contribution is 2.24. The van der Waals surface area contributed by atoms with E-state index in [2.05, 4.69) is 0 Å². The molecule has 0 amide bonds. The van der Waals surface area contributed by atoms with Crippen LogP contribution in [0.4, 0.5) is 14.5 Å². The Bertz CT molecular complexity index is 939. The number of ketones is 1. The van der Waals surface area contributed by atoms with E-state index in [1.54, 1.807) is 11.0 Å². The average Bonchev–Trinajstić information content (AvgIpc) is 2.61. The van der Waals surface area contributed by atoms with E-state index in [-0.39, 0.29) is 23.8 Å². The number of Topliss-reactive ketones (excluding diaryl/α,β-unsaturated/α-hetero) is 1. The molecule has 0 bridgehead atoms. The highest BCUT2D eigenvalue weighted by molar-refractivity contribution is 7.89. The van der Waals surface area contributed by atoms with Gasteiger partial charge in [-0.3, -0.25) is 4.79 Å². The fraction of sp³-hybridized carbons (Fsp3) is 0.278. The number of carbonyl (C=O) groups is 1. The molecule has 1 aliphatic rings. The van der Waals surface area contributed by atoms with Gasteiger partial charge in [0.05, 0.1) is 10.6 Å². The molecule has 8 heteroatoms. The molecule has 0 atom stereocenters. The molecule has 138 valence electrons. The summed E-state index contributed by atoms with van der Waals surface area (Å²) in [7, 11) is -3.79. The van der Waals surface area contributed by atoms with Crippen LogP contribution in [0.25, 0.3) is 0 Å². The zero-order valence-corrected chi connectivity index (χ0v) is 15.0. The summed E-state index contributed by atoms with van der Waals surface area (Å²) in [6, 6.07) is 9.15. The van der Waals surface area contributed by atoms with E-state index in [0.29, 0.717) is 24.3 Å². The number of hydrogen-bond acceptors (Lipinski definition) is 4. The summed E-state index contributed by atoms with van der Waals surface area (Å²) in [5.41, 5.74) is 0.622. The molecule has 0 radical (unpaired) electrons. The molecular weight excluding hydrogens is 362 g/mol. The maximum Gasteiger partial charge on any atom is 0.243 e. The standard InChI is InChI=1S/C18H18F2N2O3S/c1-13(23)14-5-6-18(17(20)11-14)21-7-9-22(10-8-21)26(24,25)16-4-2-3-15(19)12-16/h2-6,11-12H,7-10H2,1H3. The van der Waals surface area contributed by atoms with E-state index in [1.807, 2.05) is 0 Å². The average molecular weight is 380 g/mol. The molecule has 0 spiro atoms. The van der Waals surface area contributed by atoms with E-state index in [0.717, 1.165) is 6.07 Å². The van der Waals surface area contributed by atoms with Crippen LogP contribution in [0.2, 0.25) is 0 Å². The van der Waals surface area contributed by atoms with Gasteiger partial charge in [0.15, 0.2) is 5.78 Å². The fourth-order valence-electron chi connectivity index (χ4n) is 2.93. The summed E-state index contributed by atoms with van der Waals surface area (Å²) < 4.78 is 54.1. The molecular formula is C18H18F2N2O3S. The molecule has 0 aromatic heterocycles. The molecule has 1 aliphatic heterocycles. The number of nitrogens with zero attached hydrogens (tertiary/aromatic N) is 2. The molecule has 26 heavy (non-hydrogen) atoms. The topological polar surface area (TPSA) is 57.7 Å². The van der Waals surface area contributed by atoms with Crippen LogP contribution in [0.5, 0.6) is 0 Å². The molecule has 0 saturated carbocycles.